The van der Waals surface area contributed by atoms with Gasteiger partial charge in [0.1, 0.15) is 20.6 Å². The summed E-state index contributed by atoms with van der Waals surface area (Å²) < 4.78 is 16.8. The number of benzene rings is 2. The smallest absolute Gasteiger partial charge is 0.338 e. The SMILES string of the molecule is B[C@@H]1O[C@H](COC(=O)c2ccccc2)[C@@H](OC(=O)c2ccccc2)[C@@]1(C)Cl. The standard InChI is InChI=1S/C20H20BClO5/c1-20(22)16(27-18(24)14-10-6-3-7-11-14)15(26-19(20)21)12-25-17(23)13-8-4-2-5-9-13/h2-11,15-16,19H,12,21H2,1H3/t15-,16-,19-,20-/m1/s1. The Hall–Kier alpha value is -2.31. The average Bonchev–Trinajstić information content (AvgIpc) is 2.90. The van der Waals surface area contributed by atoms with Crippen LogP contribution in [0.4, 0.5) is 0 Å². The maximum absolute atomic E-state index is 12.5. The van der Waals surface area contributed by atoms with Crippen LogP contribution in [0.3, 0.4) is 0 Å². The maximum Gasteiger partial charge on any atom is 0.338 e. The van der Waals surface area contributed by atoms with Crippen LogP contribution in [0.5, 0.6) is 0 Å². The first-order valence-electron chi connectivity index (χ1n) is 8.72. The molecule has 0 unspecified atom stereocenters. The summed E-state index contributed by atoms with van der Waals surface area (Å²) in [7, 11) is 1.80. The Morgan fingerprint density at radius 3 is 2.11 bits per heavy atom. The van der Waals surface area contributed by atoms with Gasteiger partial charge in [-0.3, -0.25) is 0 Å². The molecule has 1 saturated heterocycles. The lowest BCUT2D eigenvalue weighted by molar-refractivity contribution is -0.0333. The lowest BCUT2D eigenvalue weighted by Crippen LogP contribution is -2.44. The molecule has 3 rings (SSSR count). The van der Waals surface area contributed by atoms with E-state index in [9.17, 15) is 9.59 Å². The highest BCUT2D eigenvalue weighted by molar-refractivity contribution is 6.30. The molecule has 4 atom stereocenters. The number of hydrogen-bond donors (Lipinski definition) is 0. The fourth-order valence-electron chi connectivity index (χ4n) is 2.95. The van der Waals surface area contributed by atoms with E-state index in [1.165, 1.54) is 0 Å². The number of carbonyl (C=O) groups excluding carboxylic acids is 2. The van der Waals surface area contributed by atoms with Gasteiger partial charge in [-0.2, -0.15) is 0 Å². The molecule has 0 N–H and O–H groups in total. The third-order valence-corrected chi connectivity index (χ3v) is 5.22. The second kappa shape index (κ2) is 8.15. The van der Waals surface area contributed by atoms with Crippen LogP contribution in [0, 0.1) is 0 Å². The number of halogens is 1. The van der Waals surface area contributed by atoms with Gasteiger partial charge in [0.25, 0.3) is 0 Å². The van der Waals surface area contributed by atoms with Crippen LogP contribution < -0.4 is 0 Å². The number of hydrogen-bond acceptors (Lipinski definition) is 5. The molecule has 1 fully saturated rings. The molecule has 0 spiro atoms. The van der Waals surface area contributed by atoms with Crippen molar-refractivity contribution in [1.29, 1.82) is 0 Å². The quantitative estimate of drug-likeness (QED) is 0.449. The van der Waals surface area contributed by atoms with Crippen molar-refractivity contribution in [1.82, 2.24) is 0 Å². The Morgan fingerprint density at radius 2 is 1.56 bits per heavy atom. The van der Waals surface area contributed by atoms with Crippen molar-refractivity contribution in [3.8, 4) is 0 Å². The molecule has 2 aromatic carbocycles. The van der Waals surface area contributed by atoms with Gasteiger partial charge in [0.05, 0.1) is 16.0 Å². The summed E-state index contributed by atoms with van der Waals surface area (Å²) in [6, 6.07) is 16.9. The van der Waals surface area contributed by atoms with E-state index in [1.54, 1.807) is 63.3 Å². The van der Waals surface area contributed by atoms with Crippen LogP contribution in [0.15, 0.2) is 60.7 Å². The van der Waals surface area contributed by atoms with Gasteiger partial charge in [-0.1, -0.05) is 36.4 Å². The molecule has 2 aromatic rings. The molecular formula is C20H20BClO5. The molecule has 1 heterocycles. The molecular weight excluding hydrogens is 366 g/mol. The first kappa shape index (κ1) is 19.5. The van der Waals surface area contributed by atoms with Gasteiger partial charge in [-0.15, -0.1) is 11.6 Å². The molecule has 1 aliphatic heterocycles. The number of esters is 2. The topological polar surface area (TPSA) is 61.8 Å². The number of rotatable bonds is 5. The molecule has 27 heavy (non-hydrogen) atoms. The van der Waals surface area contributed by atoms with Crippen molar-refractivity contribution in [3.63, 3.8) is 0 Å². The van der Waals surface area contributed by atoms with Gasteiger partial charge >= 0.3 is 11.9 Å². The average molecular weight is 387 g/mol. The van der Waals surface area contributed by atoms with E-state index in [2.05, 4.69) is 0 Å². The normalized spacial score (nSPS) is 27.1. The zero-order chi connectivity index (χ0) is 19.4. The summed E-state index contributed by atoms with van der Waals surface area (Å²) >= 11 is 6.60. The van der Waals surface area contributed by atoms with Crippen LogP contribution in [0.1, 0.15) is 27.6 Å². The van der Waals surface area contributed by atoms with Gasteiger partial charge < -0.3 is 14.2 Å². The Labute approximate surface area is 164 Å². The molecule has 0 radical (unpaired) electrons. The lowest BCUT2D eigenvalue weighted by Gasteiger charge is -2.27. The highest BCUT2D eigenvalue weighted by atomic mass is 35.5. The predicted molar refractivity (Wildman–Crippen MR) is 104 cm³/mol. The third-order valence-electron chi connectivity index (χ3n) is 4.70. The van der Waals surface area contributed by atoms with Crippen LogP contribution in [0.25, 0.3) is 0 Å². The second-order valence-electron chi connectivity index (χ2n) is 6.62. The molecule has 0 bridgehead atoms. The lowest BCUT2D eigenvalue weighted by atomic mass is 9.85. The molecule has 1 aliphatic rings. The van der Waals surface area contributed by atoms with Crippen LogP contribution in [0.2, 0.25) is 0 Å². The van der Waals surface area contributed by atoms with Gasteiger partial charge in [0.2, 0.25) is 0 Å². The van der Waals surface area contributed by atoms with Crippen molar-refractivity contribution in [2.24, 2.45) is 0 Å². The maximum atomic E-state index is 12.5. The highest BCUT2D eigenvalue weighted by Gasteiger charge is 2.53. The van der Waals surface area contributed by atoms with Crippen molar-refractivity contribution in [2.75, 3.05) is 6.61 Å². The first-order valence-corrected chi connectivity index (χ1v) is 9.10. The van der Waals surface area contributed by atoms with E-state index in [4.69, 9.17) is 25.8 Å². The van der Waals surface area contributed by atoms with Crippen LogP contribution in [-0.2, 0) is 14.2 Å². The van der Waals surface area contributed by atoms with Crippen molar-refractivity contribution < 1.29 is 23.8 Å². The summed E-state index contributed by atoms with van der Waals surface area (Å²) in [5.41, 5.74) is 0.861. The minimum atomic E-state index is -0.936. The summed E-state index contributed by atoms with van der Waals surface area (Å²) in [6.07, 6.45) is -1.41. The van der Waals surface area contributed by atoms with E-state index < -0.39 is 29.0 Å². The molecule has 140 valence electrons. The summed E-state index contributed by atoms with van der Waals surface area (Å²) in [5, 5.41) is 0. The van der Waals surface area contributed by atoms with Gasteiger partial charge in [0, 0.05) is 6.00 Å². The molecule has 7 heteroatoms. The molecule has 0 aromatic heterocycles. The largest absolute Gasteiger partial charge is 0.459 e. The number of carbonyl (C=O) groups is 2. The van der Waals surface area contributed by atoms with E-state index in [0.29, 0.717) is 11.1 Å². The highest BCUT2D eigenvalue weighted by Crippen LogP contribution is 2.38. The van der Waals surface area contributed by atoms with E-state index in [1.807, 2.05) is 12.1 Å². The van der Waals surface area contributed by atoms with Crippen molar-refractivity contribution >= 4 is 31.4 Å². The minimum absolute atomic E-state index is 0.0624. The van der Waals surface area contributed by atoms with Crippen LogP contribution in [-0.4, -0.2) is 49.5 Å². The number of alkyl halides is 1. The van der Waals surface area contributed by atoms with Crippen LogP contribution >= 0.6 is 11.6 Å². The number of ether oxygens (including phenoxy) is 3. The zero-order valence-corrected chi connectivity index (χ0v) is 15.9. The van der Waals surface area contributed by atoms with E-state index in [0.717, 1.165) is 0 Å². The molecule has 5 nitrogen and oxygen atoms in total. The monoisotopic (exact) mass is 386 g/mol. The second-order valence-corrected chi connectivity index (χ2v) is 7.44. The van der Waals surface area contributed by atoms with Crippen molar-refractivity contribution in [2.45, 2.75) is 30.0 Å². The Kier molecular flexibility index (Phi) is 5.87. The first-order chi connectivity index (χ1) is 12.9. The predicted octanol–water partition coefficient (Wildman–Crippen LogP) is 2.42. The van der Waals surface area contributed by atoms with Gasteiger partial charge in [-0.05, 0) is 31.2 Å². The Bertz CT molecular complexity index is 797. The summed E-state index contributed by atoms with van der Waals surface area (Å²) in [4.78, 5) is 23.7. The van der Waals surface area contributed by atoms with E-state index in [-0.39, 0.29) is 12.6 Å². The Morgan fingerprint density at radius 1 is 1.04 bits per heavy atom. The van der Waals surface area contributed by atoms with Crippen molar-refractivity contribution in [3.05, 3.63) is 71.8 Å². The molecule has 0 amide bonds. The van der Waals surface area contributed by atoms with E-state index >= 15 is 0 Å². The molecule has 0 aliphatic carbocycles. The fourth-order valence-corrected chi connectivity index (χ4v) is 3.19. The zero-order valence-electron chi connectivity index (χ0n) is 15.1. The Balaban J connectivity index is 1.69. The fraction of sp³-hybridized carbons (Fsp3) is 0.300. The summed E-state index contributed by atoms with van der Waals surface area (Å²) in [6.45, 7) is 1.69. The summed E-state index contributed by atoms with van der Waals surface area (Å²) in [5.74, 6) is -0.965. The molecule has 0 saturated carbocycles. The van der Waals surface area contributed by atoms with Gasteiger partial charge in [0.15, 0.2) is 6.10 Å². The van der Waals surface area contributed by atoms with Gasteiger partial charge in [-0.25, -0.2) is 9.59 Å². The third kappa shape index (κ3) is 4.34. The minimum Gasteiger partial charge on any atom is -0.459 e.